The Kier molecular flexibility index (Phi) is 5.97. The molecule has 0 bridgehead atoms. The second kappa shape index (κ2) is 6.14. The third-order valence-corrected chi connectivity index (χ3v) is 2.75. The first kappa shape index (κ1) is 12.6. The van der Waals surface area contributed by atoms with E-state index in [2.05, 4.69) is 32.7 Å². The number of allylic oxidation sites excluding steroid dienone is 1. The van der Waals surface area contributed by atoms with Crippen molar-refractivity contribution >= 4 is 0 Å². The maximum Gasteiger partial charge on any atom is 0.119 e. The van der Waals surface area contributed by atoms with E-state index < -0.39 is 6.17 Å². The molecule has 0 aliphatic rings. The molecular formula is C11H22FN. The predicted molar refractivity (Wildman–Crippen MR) is 56.5 cm³/mol. The smallest absolute Gasteiger partial charge is 0.119 e. The van der Waals surface area contributed by atoms with Crippen molar-refractivity contribution in [2.24, 2.45) is 17.8 Å². The van der Waals surface area contributed by atoms with Crippen LogP contribution in [0.3, 0.4) is 0 Å². The summed E-state index contributed by atoms with van der Waals surface area (Å²) in [7, 11) is 1.77. The first-order chi connectivity index (χ1) is 6.04. The van der Waals surface area contributed by atoms with Crippen LogP contribution in [0.25, 0.3) is 0 Å². The molecule has 2 heteroatoms. The van der Waals surface area contributed by atoms with Gasteiger partial charge in [-0.2, -0.15) is 0 Å². The van der Waals surface area contributed by atoms with Crippen molar-refractivity contribution in [3.05, 3.63) is 12.7 Å². The van der Waals surface area contributed by atoms with Crippen LogP contribution in [-0.4, -0.2) is 19.8 Å². The zero-order valence-electron chi connectivity index (χ0n) is 9.18. The zero-order chi connectivity index (χ0) is 10.4. The van der Waals surface area contributed by atoms with Crippen LogP contribution in [0.5, 0.6) is 0 Å². The molecule has 78 valence electrons. The maximum atomic E-state index is 13.5. The monoisotopic (exact) mass is 187 g/mol. The number of halogens is 1. The van der Waals surface area contributed by atoms with Crippen molar-refractivity contribution in [2.45, 2.75) is 26.9 Å². The molecule has 0 radical (unpaired) electrons. The van der Waals surface area contributed by atoms with Gasteiger partial charge in [-0.15, -0.1) is 6.58 Å². The Balaban J connectivity index is 4.22. The quantitative estimate of drug-likeness (QED) is 0.630. The molecule has 0 saturated carbocycles. The van der Waals surface area contributed by atoms with Crippen molar-refractivity contribution in [1.82, 2.24) is 5.32 Å². The van der Waals surface area contributed by atoms with Gasteiger partial charge in [0, 0.05) is 12.5 Å². The van der Waals surface area contributed by atoms with Crippen molar-refractivity contribution in [2.75, 3.05) is 13.6 Å². The van der Waals surface area contributed by atoms with Gasteiger partial charge in [0.15, 0.2) is 0 Å². The summed E-state index contributed by atoms with van der Waals surface area (Å²) in [4.78, 5) is 0. The molecular weight excluding hydrogens is 165 g/mol. The summed E-state index contributed by atoms with van der Waals surface area (Å²) in [5.41, 5.74) is 0. The van der Waals surface area contributed by atoms with Gasteiger partial charge in [-0.05, 0) is 18.9 Å². The van der Waals surface area contributed by atoms with Crippen LogP contribution in [0.2, 0.25) is 0 Å². The Bertz CT molecular complexity index is 145. The van der Waals surface area contributed by atoms with Gasteiger partial charge in [-0.3, -0.25) is 0 Å². The van der Waals surface area contributed by atoms with E-state index in [4.69, 9.17) is 0 Å². The van der Waals surface area contributed by atoms with Crippen molar-refractivity contribution in [1.29, 1.82) is 0 Å². The molecule has 1 N–H and O–H groups in total. The number of alkyl halides is 1. The van der Waals surface area contributed by atoms with Crippen LogP contribution < -0.4 is 5.32 Å². The highest BCUT2D eigenvalue weighted by atomic mass is 19.1. The predicted octanol–water partition coefficient (Wildman–Crippen LogP) is 2.64. The number of hydrogen-bond acceptors (Lipinski definition) is 1. The van der Waals surface area contributed by atoms with Crippen molar-refractivity contribution in [3.63, 3.8) is 0 Å². The molecule has 1 nitrogen and oxygen atoms in total. The summed E-state index contributed by atoms with van der Waals surface area (Å²) in [6, 6.07) is 0. The van der Waals surface area contributed by atoms with Crippen LogP contribution in [0.15, 0.2) is 12.7 Å². The Morgan fingerprint density at radius 3 is 2.23 bits per heavy atom. The average molecular weight is 187 g/mol. The molecule has 0 aromatic heterocycles. The van der Waals surface area contributed by atoms with E-state index in [0.717, 1.165) is 0 Å². The lowest BCUT2D eigenvalue weighted by atomic mass is 9.82. The second-order valence-electron chi connectivity index (χ2n) is 3.99. The summed E-state index contributed by atoms with van der Waals surface area (Å²) in [5, 5.41) is 2.85. The van der Waals surface area contributed by atoms with E-state index in [1.807, 2.05) is 0 Å². The van der Waals surface area contributed by atoms with E-state index in [0.29, 0.717) is 18.4 Å². The molecule has 0 heterocycles. The van der Waals surface area contributed by atoms with E-state index in [1.165, 1.54) is 0 Å². The summed E-state index contributed by atoms with van der Waals surface area (Å²) in [5.74, 6) is 0.811. The largest absolute Gasteiger partial charge is 0.317 e. The van der Waals surface area contributed by atoms with E-state index >= 15 is 0 Å². The minimum Gasteiger partial charge on any atom is -0.317 e. The van der Waals surface area contributed by atoms with Gasteiger partial charge < -0.3 is 5.32 Å². The SMILES string of the molecule is C=C[C@H](C(F)CNC)[C@H](C)C(C)C. The highest BCUT2D eigenvalue weighted by Crippen LogP contribution is 2.25. The van der Waals surface area contributed by atoms with Crippen LogP contribution >= 0.6 is 0 Å². The molecule has 0 fully saturated rings. The van der Waals surface area contributed by atoms with Crippen LogP contribution in [-0.2, 0) is 0 Å². The van der Waals surface area contributed by atoms with Gasteiger partial charge in [0.05, 0.1) is 0 Å². The number of nitrogens with one attached hydrogen (secondary N) is 1. The standard InChI is InChI=1S/C11H22FN/c1-6-10(9(4)8(2)3)11(12)7-13-5/h6,8-11,13H,1,7H2,2-5H3/t9-,10+,11?/m1/s1. The summed E-state index contributed by atoms with van der Waals surface area (Å²) < 4.78 is 13.5. The second-order valence-corrected chi connectivity index (χ2v) is 3.99. The van der Waals surface area contributed by atoms with E-state index in [9.17, 15) is 4.39 Å². The van der Waals surface area contributed by atoms with Crippen molar-refractivity contribution in [3.8, 4) is 0 Å². The highest BCUT2D eigenvalue weighted by molar-refractivity contribution is 4.90. The first-order valence-corrected chi connectivity index (χ1v) is 4.95. The van der Waals surface area contributed by atoms with Crippen LogP contribution in [0.1, 0.15) is 20.8 Å². The van der Waals surface area contributed by atoms with Crippen LogP contribution in [0.4, 0.5) is 4.39 Å². The topological polar surface area (TPSA) is 12.0 Å². The van der Waals surface area contributed by atoms with E-state index in [1.54, 1.807) is 13.1 Å². The van der Waals surface area contributed by atoms with Crippen molar-refractivity contribution < 1.29 is 4.39 Å². The lowest BCUT2D eigenvalue weighted by molar-refractivity contribution is 0.180. The molecule has 13 heavy (non-hydrogen) atoms. The lowest BCUT2D eigenvalue weighted by Crippen LogP contribution is -2.32. The van der Waals surface area contributed by atoms with E-state index in [-0.39, 0.29) is 5.92 Å². The molecule has 0 amide bonds. The first-order valence-electron chi connectivity index (χ1n) is 4.95. The van der Waals surface area contributed by atoms with Gasteiger partial charge in [0.1, 0.15) is 6.17 Å². The van der Waals surface area contributed by atoms with Gasteiger partial charge in [-0.1, -0.05) is 26.8 Å². The molecule has 0 aromatic rings. The Morgan fingerprint density at radius 2 is 1.92 bits per heavy atom. The number of hydrogen-bond donors (Lipinski definition) is 1. The fourth-order valence-electron chi connectivity index (χ4n) is 1.47. The highest BCUT2D eigenvalue weighted by Gasteiger charge is 2.25. The minimum atomic E-state index is -0.820. The fraction of sp³-hybridized carbons (Fsp3) is 0.818. The Morgan fingerprint density at radius 1 is 1.38 bits per heavy atom. The average Bonchev–Trinajstić information content (AvgIpc) is 2.05. The van der Waals surface area contributed by atoms with Crippen LogP contribution in [0, 0.1) is 17.8 Å². The molecule has 3 atom stereocenters. The summed E-state index contributed by atoms with van der Waals surface area (Å²) in [6.45, 7) is 10.4. The minimum absolute atomic E-state index is 0.0348. The molecule has 0 spiro atoms. The third kappa shape index (κ3) is 3.90. The van der Waals surface area contributed by atoms with Gasteiger partial charge in [-0.25, -0.2) is 4.39 Å². The fourth-order valence-corrected chi connectivity index (χ4v) is 1.47. The molecule has 0 rings (SSSR count). The molecule has 0 aromatic carbocycles. The summed E-state index contributed by atoms with van der Waals surface area (Å²) >= 11 is 0. The number of rotatable bonds is 6. The molecule has 0 aliphatic heterocycles. The Labute approximate surface area is 81.4 Å². The van der Waals surface area contributed by atoms with Gasteiger partial charge in [0.25, 0.3) is 0 Å². The normalized spacial score (nSPS) is 18.3. The summed E-state index contributed by atoms with van der Waals surface area (Å²) in [6.07, 6.45) is 0.923. The van der Waals surface area contributed by atoms with Gasteiger partial charge in [0.2, 0.25) is 0 Å². The molecule has 1 unspecified atom stereocenters. The maximum absolute atomic E-state index is 13.5. The van der Waals surface area contributed by atoms with Gasteiger partial charge >= 0.3 is 0 Å². The molecule has 0 saturated heterocycles. The lowest BCUT2D eigenvalue weighted by Gasteiger charge is -2.26. The Hall–Kier alpha value is -0.370. The third-order valence-electron chi connectivity index (χ3n) is 2.75. The zero-order valence-corrected chi connectivity index (χ0v) is 9.18. The molecule has 0 aliphatic carbocycles.